The lowest BCUT2D eigenvalue weighted by Crippen LogP contribution is -2.34. The van der Waals surface area contributed by atoms with Gasteiger partial charge in [-0.3, -0.25) is 4.79 Å². The first kappa shape index (κ1) is 14.3. The SMILES string of the molecule is CN(C)C(=O)C1=NOC2(CCCNCC2)C1.Cl. The Morgan fingerprint density at radius 1 is 1.41 bits per heavy atom. The summed E-state index contributed by atoms with van der Waals surface area (Å²) in [6, 6.07) is 0. The molecule has 1 saturated heterocycles. The van der Waals surface area contributed by atoms with Gasteiger partial charge >= 0.3 is 0 Å². The van der Waals surface area contributed by atoms with E-state index in [4.69, 9.17) is 4.84 Å². The lowest BCUT2D eigenvalue weighted by Gasteiger charge is -2.24. The quantitative estimate of drug-likeness (QED) is 0.759. The standard InChI is InChI=1S/C11H19N3O2.ClH/c1-14(2)10(15)9-8-11(16-13-9)4-3-6-12-7-5-11;/h12H,3-8H2,1-2H3;1H. The minimum absolute atomic E-state index is 0. The van der Waals surface area contributed by atoms with E-state index in [1.165, 1.54) is 0 Å². The van der Waals surface area contributed by atoms with Crippen molar-refractivity contribution in [1.82, 2.24) is 10.2 Å². The van der Waals surface area contributed by atoms with Crippen molar-refractivity contribution in [2.24, 2.45) is 5.16 Å². The average Bonchev–Trinajstić information content (AvgIpc) is 2.52. The Hall–Kier alpha value is -0.810. The molecule has 2 aliphatic rings. The van der Waals surface area contributed by atoms with Crippen LogP contribution in [0.2, 0.25) is 0 Å². The van der Waals surface area contributed by atoms with Crippen molar-refractivity contribution < 1.29 is 9.63 Å². The molecule has 0 aromatic carbocycles. The first-order chi connectivity index (χ1) is 7.63. The Labute approximate surface area is 108 Å². The Morgan fingerprint density at radius 2 is 2.18 bits per heavy atom. The first-order valence-corrected chi connectivity index (χ1v) is 5.80. The van der Waals surface area contributed by atoms with Gasteiger partial charge in [-0.25, -0.2) is 0 Å². The van der Waals surface area contributed by atoms with Crippen LogP contribution in [0.25, 0.3) is 0 Å². The molecule has 0 aromatic rings. The molecule has 0 radical (unpaired) electrons. The van der Waals surface area contributed by atoms with Crippen LogP contribution < -0.4 is 5.32 Å². The summed E-state index contributed by atoms with van der Waals surface area (Å²) in [6.07, 6.45) is 3.65. The third-order valence-corrected chi connectivity index (χ3v) is 3.24. The number of hydrogen-bond donors (Lipinski definition) is 1. The molecule has 1 spiro atoms. The van der Waals surface area contributed by atoms with Crippen LogP contribution in [0.4, 0.5) is 0 Å². The summed E-state index contributed by atoms with van der Waals surface area (Å²) in [5.41, 5.74) is 0.344. The molecule has 1 atom stereocenters. The van der Waals surface area contributed by atoms with Gasteiger partial charge in [-0.2, -0.15) is 0 Å². The maximum atomic E-state index is 11.8. The van der Waals surface area contributed by atoms with E-state index in [1.807, 2.05) is 0 Å². The fraction of sp³-hybridized carbons (Fsp3) is 0.818. The van der Waals surface area contributed by atoms with Gasteiger partial charge in [0.1, 0.15) is 11.3 Å². The van der Waals surface area contributed by atoms with Crippen LogP contribution in [0.5, 0.6) is 0 Å². The Morgan fingerprint density at radius 3 is 2.88 bits per heavy atom. The minimum Gasteiger partial charge on any atom is -0.388 e. The normalized spacial score (nSPS) is 27.8. The van der Waals surface area contributed by atoms with E-state index in [0.29, 0.717) is 12.1 Å². The lowest BCUT2D eigenvalue weighted by molar-refractivity contribution is -0.121. The van der Waals surface area contributed by atoms with Crippen molar-refractivity contribution in [3.8, 4) is 0 Å². The summed E-state index contributed by atoms with van der Waals surface area (Å²) in [7, 11) is 3.48. The third kappa shape index (κ3) is 3.10. The van der Waals surface area contributed by atoms with Crippen LogP contribution in [-0.2, 0) is 9.63 Å². The predicted molar refractivity (Wildman–Crippen MR) is 68.5 cm³/mol. The maximum Gasteiger partial charge on any atom is 0.271 e. The zero-order valence-corrected chi connectivity index (χ0v) is 11.2. The molecule has 1 unspecified atom stereocenters. The second kappa shape index (κ2) is 5.69. The van der Waals surface area contributed by atoms with Crippen molar-refractivity contribution in [1.29, 1.82) is 0 Å². The fourth-order valence-corrected chi connectivity index (χ4v) is 2.26. The molecule has 1 fully saturated rings. The highest BCUT2D eigenvalue weighted by molar-refractivity contribution is 6.39. The van der Waals surface area contributed by atoms with Gasteiger partial charge in [-0.15, -0.1) is 12.4 Å². The summed E-state index contributed by atoms with van der Waals surface area (Å²) in [6.45, 7) is 1.97. The monoisotopic (exact) mass is 261 g/mol. The van der Waals surface area contributed by atoms with Gasteiger partial charge in [-0.1, -0.05) is 5.16 Å². The van der Waals surface area contributed by atoms with Crippen molar-refractivity contribution in [3.05, 3.63) is 0 Å². The number of oxime groups is 1. The number of rotatable bonds is 1. The summed E-state index contributed by atoms with van der Waals surface area (Å²) in [4.78, 5) is 18.9. The summed E-state index contributed by atoms with van der Waals surface area (Å²) in [5.74, 6) is -0.0333. The van der Waals surface area contributed by atoms with E-state index < -0.39 is 0 Å². The number of carbonyl (C=O) groups excluding carboxylic acids is 1. The Kier molecular flexibility index (Phi) is 4.77. The van der Waals surface area contributed by atoms with E-state index in [0.717, 1.165) is 32.4 Å². The molecule has 2 aliphatic heterocycles. The molecule has 98 valence electrons. The van der Waals surface area contributed by atoms with Gasteiger partial charge in [0.2, 0.25) is 0 Å². The molecule has 1 amide bonds. The minimum atomic E-state index is -0.218. The number of nitrogens with zero attached hydrogens (tertiary/aromatic N) is 2. The van der Waals surface area contributed by atoms with Crippen LogP contribution in [-0.4, -0.2) is 49.3 Å². The molecule has 6 heteroatoms. The van der Waals surface area contributed by atoms with Gasteiger partial charge in [0.25, 0.3) is 5.91 Å². The molecule has 1 N–H and O–H groups in total. The Bertz CT molecular complexity index is 310. The number of carbonyl (C=O) groups is 1. The van der Waals surface area contributed by atoms with Crippen LogP contribution in [0.1, 0.15) is 25.7 Å². The molecule has 0 bridgehead atoms. The molecule has 2 rings (SSSR count). The van der Waals surface area contributed by atoms with Crippen molar-refractivity contribution in [2.45, 2.75) is 31.3 Å². The van der Waals surface area contributed by atoms with Crippen molar-refractivity contribution in [2.75, 3.05) is 27.2 Å². The molecule has 0 aromatic heterocycles. The smallest absolute Gasteiger partial charge is 0.271 e. The van der Waals surface area contributed by atoms with Crippen molar-refractivity contribution >= 4 is 24.0 Å². The highest BCUT2D eigenvalue weighted by atomic mass is 35.5. The molecule has 0 saturated carbocycles. The molecule has 5 nitrogen and oxygen atoms in total. The predicted octanol–water partition coefficient (Wildman–Crippen LogP) is 0.785. The molecule has 2 heterocycles. The second-order valence-corrected chi connectivity index (χ2v) is 4.79. The van der Waals surface area contributed by atoms with E-state index in [9.17, 15) is 4.79 Å². The lowest BCUT2D eigenvalue weighted by atomic mass is 9.89. The highest BCUT2D eigenvalue weighted by Crippen LogP contribution is 2.33. The van der Waals surface area contributed by atoms with Crippen LogP contribution in [0.15, 0.2) is 5.16 Å². The molecular weight excluding hydrogens is 242 g/mol. The number of nitrogens with one attached hydrogen (secondary N) is 1. The zero-order chi connectivity index (χ0) is 11.6. The van der Waals surface area contributed by atoms with Gasteiger partial charge in [0.05, 0.1) is 0 Å². The van der Waals surface area contributed by atoms with E-state index in [1.54, 1.807) is 19.0 Å². The Balaban J connectivity index is 0.00000144. The van der Waals surface area contributed by atoms with E-state index >= 15 is 0 Å². The maximum absolute atomic E-state index is 11.8. The van der Waals surface area contributed by atoms with Crippen LogP contribution in [0.3, 0.4) is 0 Å². The largest absolute Gasteiger partial charge is 0.388 e. The van der Waals surface area contributed by atoms with Crippen molar-refractivity contribution in [3.63, 3.8) is 0 Å². The van der Waals surface area contributed by atoms with Gasteiger partial charge in [-0.05, 0) is 25.9 Å². The summed E-state index contributed by atoms with van der Waals surface area (Å²) >= 11 is 0. The number of halogens is 1. The van der Waals surface area contributed by atoms with E-state index in [2.05, 4.69) is 10.5 Å². The third-order valence-electron chi connectivity index (χ3n) is 3.24. The van der Waals surface area contributed by atoms with Gasteiger partial charge in [0.15, 0.2) is 0 Å². The van der Waals surface area contributed by atoms with Crippen LogP contribution >= 0.6 is 12.4 Å². The van der Waals surface area contributed by atoms with Gasteiger partial charge < -0.3 is 15.1 Å². The summed E-state index contributed by atoms with van der Waals surface area (Å²) in [5, 5.41) is 7.31. The van der Waals surface area contributed by atoms with E-state index in [-0.39, 0.29) is 23.9 Å². The topological polar surface area (TPSA) is 53.9 Å². The van der Waals surface area contributed by atoms with Crippen LogP contribution in [0, 0.1) is 0 Å². The first-order valence-electron chi connectivity index (χ1n) is 5.80. The summed E-state index contributed by atoms with van der Waals surface area (Å²) < 4.78 is 0. The molecular formula is C11H20ClN3O2. The fourth-order valence-electron chi connectivity index (χ4n) is 2.26. The molecule has 0 aliphatic carbocycles. The zero-order valence-electron chi connectivity index (χ0n) is 10.4. The number of hydrogen-bond acceptors (Lipinski definition) is 4. The number of amides is 1. The van der Waals surface area contributed by atoms with Gasteiger partial charge in [0, 0.05) is 26.9 Å². The molecule has 17 heavy (non-hydrogen) atoms. The average molecular weight is 262 g/mol. The second-order valence-electron chi connectivity index (χ2n) is 4.79. The highest BCUT2D eigenvalue weighted by Gasteiger charge is 2.41.